The molecule has 176 valence electrons. The predicted molar refractivity (Wildman–Crippen MR) is 124 cm³/mol. The summed E-state index contributed by atoms with van der Waals surface area (Å²) in [6.07, 6.45) is 1.47. The van der Waals surface area contributed by atoms with Crippen LogP contribution in [0.3, 0.4) is 0 Å². The maximum absolute atomic E-state index is 11.8. The van der Waals surface area contributed by atoms with E-state index in [1.165, 1.54) is 12.0 Å². The van der Waals surface area contributed by atoms with Gasteiger partial charge >= 0.3 is 5.97 Å². The van der Waals surface area contributed by atoms with Crippen LogP contribution in [0.4, 0.5) is 0 Å². The lowest BCUT2D eigenvalue weighted by Gasteiger charge is -2.35. The molecule has 0 saturated carbocycles. The number of carbonyl (C=O) groups is 1. The van der Waals surface area contributed by atoms with Crippen molar-refractivity contribution in [3.05, 3.63) is 58.3 Å². The molecule has 3 heterocycles. The van der Waals surface area contributed by atoms with Gasteiger partial charge in [0.2, 0.25) is 5.89 Å². The molecule has 0 aliphatic carbocycles. The minimum Gasteiger partial charge on any atom is -0.493 e. The molecular weight excluding hydrogens is 442 g/mol. The summed E-state index contributed by atoms with van der Waals surface area (Å²) in [6.45, 7) is 6.99. The smallest absolute Gasteiger partial charge is 0.366 e. The fourth-order valence-corrected chi connectivity index (χ4v) is 4.49. The molecule has 0 bridgehead atoms. The zero-order valence-corrected chi connectivity index (χ0v) is 20.2. The second-order valence-electron chi connectivity index (χ2n) is 8.30. The number of oxazole rings is 1. The highest BCUT2D eigenvalue weighted by atomic mass is 32.1. The molecule has 1 fully saturated rings. The second kappa shape index (κ2) is 10.1. The minimum absolute atomic E-state index is 0.172. The Morgan fingerprint density at radius 3 is 2.52 bits per heavy atom. The average Bonchev–Trinajstić information content (AvgIpc) is 3.41. The van der Waals surface area contributed by atoms with Crippen molar-refractivity contribution in [1.82, 2.24) is 4.98 Å². The van der Waals surface area contributed by atoms with Crippen molar-refractivity contribution in [2.24, 2.45) is 5.92 Å². The van der Waals surface area contributed by atoms with Gasteiger partial charge in [0.05, 0.1) is 37.5 Å². The zero-order valence-electron chi connectivity index (χ0n) is 19.4. The van der Waals surface area contributed by atoms with Gasteiger partial charge in [-0.25, -0.2) is 9.78 Å². The summed E-state index contributed by atoms with van der Waals surface area (Å²) < 4.78 is 27.7. The number of ether oxygens (including phenoxy) is 4. The summed E-state index contributed by atoms with van der Waals surface area (Å²) in [5, 5.41) is 0. The van der Waals surface area contributed by atoms with Crippen LogP contribution in [0.25, 0.3) is 10.8 Å². The SMILES string of the molecule is COC(=O)C1(C)OCC(Cc2ccc(OCCc3nc(-c4ccc(C)s4)oc3C)cc2)CO1. The van der Waals surface area contributed by atoms with E-state index in [0.29, 0.717) is 32.1 Å². The lowest BCUT2D eigenvalue weighted by atomic mass is 9.99. The molecule has 0 radical (unpaired) electrons. The Morgan fingerprint density at radius 2 is 1.88 bits per heavy atom. The van der Waals surface area contributed by atoms with E-state index in [1.807, 2.05) is 37.3 Å². The third-order valence-electron chi connectivity index (χ3n) is 5.64. The predicted octanol–water partition coefficient (Wildman–Crippen LogP) is 4.74. The molecule has 1 aliphatic heterocycles. The number of carbonyl (C=O) groups excluding carboxylic acids is 1. The van der Waals surface area contributed by atoms with Crippen molar-refractivity contribution in [1.29, 1.82) is 0 Å². The van der Waals surface area contributed by atoms with Gasteiger partial charge in [-0.05, 0) is 50.1 Å². The molecule has 2 aromatic heterocycles. The first kappa shape index (κ1) is 23.5. The Hall–Kier alpha value is -2.68. The van der Waals surface area contributed by atoms with E-state index in [2.05, 4.69) is 18.0 Å². The molecular formula is C25H29NO6S. The van der Waals surface area contributed by atoms with Crippen LogP contribution in [0.1, 0.15) is 28.8 Å². The van der Waals surface area contributed by atoms with Crippen LogP contribution in [0, 0.1) is 19.8 Å². The van der Waals surface area contributed by atoms with Crippen LogP contribution >= 0.6 is 11.3 Å². The molecule has 0 N–H and O–H groups in total. The van der Waals surface area contributed by atoms with E-state index in [1.54, 1.807) is 18.3 Å². The molecule has 0 atom stereocenters. The molecule has 33 heavy (non-hydrogen) atoms. The number of hydrogen-bond acceptors (Lipinski definition) is 8. The van der Waals surface area contributed by atoms with Gasteiger partial charge < -0.3 is 23.4 Å². The monoisotopic (exact) mass is 471 g/mol. The molecule has 0 unspecified atom stereocenters. The summed E-state index contributed by atoms with van der Waals surface area (Å²) in [4.78, 5) is 18.7. The average molecular weight is 472 g/mol. The van der Waals surface area contributed by atoms with Gasteiger partial charge in [-0.1, -0.05) is 12.1 Å². The summed E-state index contributed by atoms with van der Waals surface area (Å²) >= 11 is 1.68. The lowest BCUT2D eigenvalue weighted by Crippen LogP contribution is -2.48. The maximum atomic E-state index is 11.8. The number of aromatic nitrogens is 1. The molecule has 1 saturated heterocycles. The summed E-state index contributed by atoms with van der Waals surface area (Å²) in [5.74, 6) is 0.660. The number of aryl methyl sites for hydroxylation is 2. The standard InChI is InChI=1S/C25H29NO6S/c1-16-5-10-22(33-16)23-26-21(17(2)32-23)11-12-29-20-8-6-18(7-9-20)13-19-14-30-25(3,31-15-19)24(27)28-4/h5-10,19H,11-15H2,1-4H3. The Balaban J connectivity index is 1.24. The molecule has 1 aromatic carbocycles. The quantitative estimate of drug-likeness (QED) is 0.439. The molecule has 7 nitrogen and oxygen atoms in total. The number of methoxy groups -OCH3 is 1. The summed E-state index contributed by atoms with van der Waals surface area (Å²) in [6, 6.07) is 12.1. The van der Waals surface area contributed by atoms with Crippen LogP contribution in [0.5, 0.6) is 5.75 Å². The van der Waals surface area contributed by atoms with Crippen molar-refractivity contribution >= 4 is 17.3 Å². The molecule has 1 aliphatic rings. The topological polar surface area (TPSA) is 80.0 Å². The maximum Gasteiger partial charge on any atom is 0.366 e. The van der Waals surface area contributed by atoms with Crippen molar-refractivity contribution in [3.8, 4) is 16.5 Å². The van der Waals surface area contributed by atoms with Crippen LogP contribution in [-0.2, 0) is 31.8 Å². The van der Waals surface area contributed by atoms with Gasteiger partial charge in [-0.15, -0.1) is 11.3 Å². The number of nitrogens with zero attached hydrogens (tertiary/aromatic N) is 1. The normalized spacial score (nSPS) is 20.5. The van der Waals surface area contributed by atoms with Crippen LogP contribution < -0.4 is 4.74 Å². The van der Waals surface area contributed by atoms with E-state index < -0.39 is 11.8 Å². The van der Waals surface area contributed by atoms with Gasteiger partial charge in [0.15, 0.2) is 0 Å². The Morgan fingerprint density at radius 1 is 1.15 bits per heavy atom. The fraction of sp³-hybridized carbons (Fsp3) is 0.440. The van der Waals surface area contributed by atoms with E-state index in [0.717, 1.165) is 34.1 Å². The Bertz CT molecular complexity index is 1080. The number of benzene rings is 1. The van der Waals surface area contributed by atoms with E-state index >= 15 is 0 Å². The second-order valence-corrected chi connectivity index (χ2v) is 9.59. The fourth-order valence-electron chi connectivity index (χ4n) is 3.70. The third kappa shape index (κ3) is 5.63. The van der Waals surface area contributed by atoms with Gasteiger partial charge in [-0.3, -0.25) is 0 Å². The highest BCUT2D eigenvalue weighted by Gasteiger charge is 2.41. The number of esters is 1. The molecule has 0 spiro atoms. The first-order valence-electron chi connectivity index (χ1n) is 11.0. The van der Waals surface area contributed by atoms with E-state index in [-0.39, 0.29) is 5.92 Å². The highest BCUT2D eigenvalue weighted by Crippen LogP contribution is 2.29. The van der Waals surface area contributed by atoms with Crippen LogP contribution in [0.2, 0.25) is 0 Å². The summed E-state index contributed by atoms with van der Waals surface area (Å²) in [7, 11) is 1.33. The number of rotatable bonds is 8. The van der Waals surface area contributed by atoms with E-state index in [9.17, 15) is 4.79 Å². The van der Waals surface area contributed by atoms with Crippen molar-refractivity contribution in [2.45, 2.75) is 39.4 Å². The zero-order chi connectivity index (χ0) is 23.4. The van der Waals surface area contributed by atoms with Gasteiger partial charge in [-0.2, -0.15) is 0 Å². The largest absolute Gasteiger partial charge is 0.493 e. The number of thiophene rings is 1. The van der Waals surface area contributed by atoms with Crippen molar-refractivity contribution in [2.75, 3.05) is 26.9 Å². The molecule has 0 amide bonds. The summed E-state index contributed by atoms with van der Waals surface area (Å²) in [5.41, 5.74) is 2.08. The van der Waals surface area contributed by atoms with Crippen LogP contribution in [-0.4, -0.2) is 43.7 Å². The minimum atomic E-state index is -1.31. The van der Waals surface area contributed by atoms with Crippen LogP contribution in [0.15, 0.2) is 40.8 Å². The van der Waals surface area contributed by atoms with Gasteiger partial charge in [0.25, 0.3) is 5.79 Å². The highest BCUT2D eigenvalue weighted by molar-refractivity contribution is 7.15. The molecule has 3 aromatic rings. The molecule has 8 heteroatoms. The number of hydrogen-bond donors (Lipinski definition) is 0. The lowest BCUT2D eigenvalue weighted by molar-refractivity contribution is -0.272. The van der Waals surface area contributed by atoms with Crippen molar-refractivity contribution < 1.29 is 28.2 Å². The Labute approximate surface area is 197 Å². The van der Waals surface area contributed by atoms with Gasteiger partial charge in [0, 0.05) is 24.1 Å². The van der Waals surface area contributed by atoms with Crippen molar-refractivity contribution in [3.63, 3.8) is 0 Å². The first-order chi connectivity index (χ1) is 15.9. The Kier molecular flexibility index (Phi) is 7.17. The van der Waals surface area contributed by atoms with E-state index in [4.69, 9.17) is 23.4 Å². The third-order valence-corrected chi connectivity index (χ3v) is 6.63. The molecule has 4 rings (SSSR count). The van der Waals surface area contributed by atoms with Gasteiger partial charge in [0.1, 0.15) is 11.5 Å². The first-order valence-corrected chi connectivity index (χ1v) is 11.8.